The summed E-state index contributed by atoms with van der Waals surface area (Å²) in [6.45, 7) is 2.00. The van der Waals surface area contributed by atoms with Crippen molar-refractivity contribution in [1.82, 2.24) is 4.98 Å². The number of benzene rings is 1. The summed E-state index contributed by atoms with van der Waals surface area (Å²) in [5.41, 5.74) is 8.12. The number of hydrogen-bond acceptors (Lipinski definition) is 1. The summed E-state index contributed by atoms with van der Waals surface area (Å²) >= 11 is 5.94. The summed E-state index contributed by atoms with van der Waals surface area (Å²) in [5, 5.41) is 1.94. The quantitative estimate of drug-likeness (QED) is 0.783. The maximum absolute atomic E-state index is 5.94. The molecule has 0 fully saturated rings. The van der Waals surface area contributed by atoms with Gasteiger partial charge in [0.2, 0.25) is 0 Å². The van der Waals surface area contributed by atoms with Crippen LogP contribution in [0.4, 0.5) is 0 Å². The van der Waals surface area contributed by atoms with Gasteiger partial charge in [-0.25, -0.2) is 0 Å². The molecular formula is C11H13ClN2. The lowest BCUT2D eigenvalue weighted by molar-refractivity contribution is 0.741. The van der Waals surface area contributed by atoms with Crippen molar-refractivity contribution in [3.8, 4) is 0 Å². The highest BCUT2D eigenvalue weighted by molar-refractivity contribution is 6.31. The second-order valence-corrected chi connectivity index (χ2v) is 4.12. The van der Waals surface area contributed by atoms with Crippen LogP contribution in [0.1, 0.15) is 12.5 Å². The molecule has 0 unspecified atom stereocenters. The van der Waals surface area contributed by atoms with Gasteiger partial charge in [0, 0.05) is 28.2 Å². The minimum atomic E-state index is 0.174. The lowest BCUT2D eigenvalue weighted by atomic mass is 10.1. The standard InChI is InChI=1S/C11H13ClN2/c1-7(13)4-8-6-14-11-3-2-9(12)5-10(8)11/h2-3,5-7,14H,4,13H2,1H3/t7-/m1/s1. The SMILES string of the molecule is C[C@@H](N)Cc1c[nH]c2ccc(Cl)cc12. The van der Waals surface area contributed by atoms with Gasteiger partial charge in [0.25, 0.3) is 0 Å². The Morgan fingerprint density at radius 2 is 2.29 bits per heavy atom. The van der Waals surface area contributed by atoms with E-state index in [1.54, 1.807) is 0 Å². The number of nitrogens with two attached hydrogens (primary N) is 1. The van der Waals surface area contributed by atoms with E-state index in [9.17, 15) is 0 Å². The largest absolute Gasteiger partial charge is 0.361 e. The number of hydrogen-bond donors (Lipinski definition) is 2. The molecule has 1 heterocycles. The molecule has 2 aromatic rings. The zero-order chi connectivity index (χ0) is 10.1. The average molecular weight is 209 g/mol. The molecule has 3 N–H and O–H groups in total. The normalized spacial score (nSPS) is 13.4. The highest BCUT2D eigenvalue weighted by Gasteiger charge is 2.05. The number of fused-ring (bicyclic) bond motifs is 1. The zero-order valence-electron chi connectivity index (χ0n) is 8.05. The Morgan fingerprint density at radius 1 is 1.50 bits per heavy atom. The van der Waals surface area contributed by atoms with E-state index in [4.69, 9.17) is 17.3 Å². The van der Waals surface area contributed by atoms with Crippen molar-refractivity contribution < 1.29 is 0 Å². The Bertz CT molecular complexity index is 445. The van der Waals surface area contributed by atoms with Gasteiger partial charge in [-0.15, -0.1) is 0 Å². The Morgan fingerprint density at radius 3 is 3.00 bits per heavy atom. The fourth-order valence-corrected chi connectivity index (χ4v) is 1.84. The molecular weight excluding hydrogens is 196 g/mol. The third-order valence-corrected chi connectivity index (χ3v) is 2.51. The van der Waals surface area contributed by atoms with Crippen molar-refractivity contribution in [3.63, 3.8) is 0 Å². The lowest BCUT2D eigenvalue weighted by Crippen LogP contribution is -2.17. The van der Waals surface area contributed by atoms with E-state index in [1.165, 1.54) is 10.9 Å². The number of H-pyrrole nitrogens is 1. The first-order valence-electron chi connectivity index (χ1n) is 4.68. The summed E-state index contributed by atoms with van der Waals surface area (Å²) < 4.78 is 0. The summed E-state index contributed by atoms with van der Waals surface area (Å²) in [7, 11) is 0. The van der Waals surface area contributed by atoms with Crippen LogP contribution in [0.25, 0.3) is 10.9 Å². The monoisotopic (exact) mass is 208 g/mol. The van der Waals surface area contributed by atoms with Crippen LogP contribution in [0, 0.1) is 0 Å². The van der Waals surface area contributed by atoms with Gasteiger partial charge < -0.3 is 10.7 Å². The number of aromatic nitrogens is 1. The van der Waals surface area contributed by atoms with Crippen LogP contribution in [0.15, 0.2) is 24.4 Å². The van der Waals surface area contributed by atoms with Gasteiger partial charge in [0.05, 0.1) is 0 Å². The summed E-state index contributed by atoms with van der Waals surface area (Å²) in [5.74, 6) is 0. The van der Waals surface area contributed by atoms with Gasteiger partial charge in [-0.3, -0.25) is 0 Å². The van der Waals surface area contributed by atoms with Crippen molar-refractivity contribution in [1.29, 1.82) is 0 Å². The molecule has 0 amide bonds. The van der Waals surface area contributed by atoms with E-state index in [0.29, 0.717) is 0 Å². The van der Waals surface area contributed by atoms with Crippen molar-refractivity contribution >= 4 is 22.5 Å². The van der Waals surface area contributed by atoms with E-state index >= 15 is 0 Å². The summed E-state index contributed by atoms with van der Waals surface area (Å²) in [6.07, 6.45) is 2.88. The van der Waals surface area contributed by atoms with Crippen molar-refractivity contribution in [2.24, 2.45) is 5.73 Å². The van der Waals surface area contributed by atoms with Gasteiger partial charge in [-0.1, -0.05) is 11.6 Å². The van der Waals surface area contributed by atoms with E-state index in [1.807, 2.05) is 31.3 Å². The Kier molecular flexibility index (Phi) is 2.48. The molecule has 0 spiro atoms. The molecule has 74 valence electrons. The van der Waals surface area contributed by atoms with Crippen LogP contribution in [-0.4, -0.2) is 11.0 Å². The molecule has 1 atom stereocenters. The third kappa shape index (κ3) is 1.76. The number of nitrogens with one attached hydrogen (secondary N) is 1. The molecule has 0 radical (unpaired) electrons. The average Bonchev–Trinajstić information content (AvgIpc) is 2.47. The minimum absolute atomic E-state index is 0.174. The van der Waals surface area contributed by atoms with E-state index in [-0.39, 0.29) is 6.04 Å². The van der Waals surface area contributed by atoms with E-state index in [0.717, 1.165) is 17.0 Å². The Hall–Kier alpha value is -0.990. The van der Waals surface area contributed by atoms with E-state index in [2.05, 4.69) is 4.98 Å². The summed E-state index contributed by atoms with van der Waals surface area (Å²) in [4.78, 5) is 3.21. The van der Waals surface area contributed by atoms with Crippen LogP contribution in [0.2, 0.25) is 5.02 Å². The molecule has 1 aromatic carbocycles. The number of aromatic amines is 1. The first-order chi connectivity index (χ1) is 6.66. The van der Waals surface area contributed by atoms with E-state index < -0.39 is 0 Å². The van der Waals surface area contributed by atoms with Crippen LogP contribution in [0.3, 0.4) is 0 Å². The van der Waals surface area contributed by atoms with Gasteiger partial charge in [-0.2, -0.15) is 0 Å². The van der Waals surface area contributed by atoms with Crippen LogP contribution < -0.4 is 5.73 Å². The van der Waals surface area contributed by atoms with Gasteiger partial charge in [0.1, 0.15) is 0 Å². The summed E-state index contributed by atoms with van der Waals surface area (Å²) in [6, 6.07) is 6.02. The smallest absolute Gasteiger partial charge is 0.0457 e. The Balaban J connectivity index is 2.50. The molecule has 0 bridgehead atoms. The molecule has 3 heteroatoms. The topological polar surface area (TPSA) is 41.8 Å². The van der Waals surface area contributed by atoms with Crippen LogP contribution in [0.5, 0.6) is 0 Å². The second kappa shape index (κ2) is 3.64. The zero-order valence-corrected chi connectivity index (χ0v) is 8.81. The second-order valence-electron chi connectivity index (χ2n) is 3.69. The molecule has 2 nitrogen and oxygen atoms in total. The molecule has 1 aromatic heterocycles. The minimum Gasteiger partial charge on any atom is -0.361 e. The highest BCUT2D eigenvalue weighted by Crippen LogP contribution is 2.22. The molecule has 0 saturated heterocycles. The van der Waals surface area contributed by atoms with Crippen molar-refractivity contribution in [3.05, 3.63) is 35.0 Å². The predicted octanol–water partition coefficient (Wildman–Crippen LogP) is 2.71. The molecule has 2 rings (SSSR count). The molecule has 14 heavy (non-hydrogen) atoms. The van der Waals surface area contributed by atoms with Crippen LogP contribution in [-0.2, 0) is 6.42 Å². The predicted molar refractivity (Wildman–Crippen MR) is 60.7 cm³/mol. The van der Waals surface area contributed by atoms with Crippen molar-refractivity contribution in [2.45, 2.75) is 19.4 Å². The van der Waals surface area contributed by atoms with Gasteiger partial charge in [0.15, 0.2) is 0 Å². The van der Waals surface area contributed by atoms with Gasteiger partial charge >= 0.3 is 0 Å². The van der Waals surface area contributed by atoms with Crippen LogP contribution >= 0.6 is 11.6 Å². The lowest BCUT2D eigenvalue weighted by Gasteiger charge is -2.02. The van der Waals surface area contributed by atoms with Crippen molar-refractivity contribution in [2.75, 3.05) is 0 Å². The fourth-order valence-electron chi connectivity index (χ4n) is 1.67. The molecule has 0 aliphatic rings. The molecule has 0 aliphatic heterocycles. The molecule has 0 aliphatic carbocycles. The third-order valence-electron chi connectivity index (χ3n) is 2.27. The van der Waals surface area contributed by atoms with Gasteiger partial charge in [-0.05, 0) is 37.1 Å². The number of halogens is 1. The first-order valence-corrected chi connectivity index (χ1v) is 5.05. The fraction of sp³-hybridized carbons (Fsp3) is 0.273. The molecule has 0 saturated carbocycles. The maximum atomic E-state index is 5.94. The first kappa shape index (κ1) is 9.56. The Labute approximate surface area is 88.1 Å². The maximum Gasteiger partial charge on any atom is 0.0457 e. The number of rotatable bonds is 2. The highest BCUT2D eigenvalue weighted by atomic mass is 35.5.